The molecule has 0 amide bonds. The average Bonchev–Trinajstić information content (AvgIpc) is 3.13. The van der Waals surface area contributed by atoms with Gasteiger partial charge in [-0.25, -0.2) is 0 Å². The van der Waals surface area contributed by atoms with Crippen molar-refractivity contribution in [2.75, 3.05) is 0 Å². The van der Waals surface area contributed by atoms with Crippen molar-refractivity contribution >= 4 is 19.4 Å². The van der Waals surface area contributed by atoms with Crippen LogP contribution in [0.5, 0.6) is 0 Å². The molecule has 0 saturated heterocycles. The van der Waals surface area contributed by atoms with Crippen LogP contribution >= 0.6 is 0 Å². The van der Waals surface area contributed by atoms with E-state index in [-0.39, 0.29) is 0 Å². The molecule has 0 N–H and O–H groups in total. The van der Waals surface area contributed by atoms with Gasteiger partial charge in [0.2, 0.25) is 0 Å². The van der Waals surface area contributed by atoms with Gasteiger partial charge in [-0.05, 0) is 0 Å². The normalized spacial score (nSPS) is 22.1. The monoisotopic (exact) mass is 310 g/mol. The summed E-state index contributed by atoms with van der Waals surface area (Å²) in [5.41, 5.74) is 0. The molecule has 0 heterocycles. The maximum absolute atomic E-state index is 2.31. The minimum absolute atomic E-state index is 0.744. The summed E-state index contributed by atoms with van der Waals surface area (Å²) in [5.74, 6) is 1.08. The van der Waals surface area contributed by atoms with Gasteiger partial charge in [-0.15, -0.1) is 0 Å². The molecule has 1 aromatic carbocycles. The number of hydrogen-bond donors (Lipinski definition) is 0. The molecule has 1 aromatic rings. The van der Waals surface area contributed by atoms with Crippen LogP contribution in [0.25, 0.3) is 0 Å². The molecule has 2 atom stereocenters. The van der Waals surface area contributed by atoms with E-state index in [0.717, 1.165) is 25.7 Å². The average molecular weight is 309 g/mol. The summed E-state index contributed by atoms with van der Waals surface area (Å²) < 4.78 is 1.60. The third-order valence-corrected chi connectivity index (χ3v) is 6.81. The first kappa shape index (κ1) is 14.2. The number of rotatable bonds is 9. The van der Waals surface area contributed by atoms with Crippen LogP contribution in [0.2, 0.25) is 4.82 Å². The number of unbranched alkanes of at least 4 members (excludes halogenated alkanes) is 5. The van der Waals surface area contributed by atoms with Gasteiger partial charge in [0, 0.05) is 0 Å². The minimum atomic E-state index is 0.744. The van der Waals surface area contributed by atoms with Crippen LogP contribution in [0.15, 0.2) is 30.3 Å². The van der Waals surface area contributed by atoms with Gasteiger partial charge < -0.3 is 0 Å². The summed E-state index contributed by atoms with van der Waals surface area (Å²) in [6, 6.07) is 11.1. The van der Waals surface area contributed by atoms with Crippen molar-refractivity contribution in [3.05, 3.63) is 30.3 Å². The third kappa shape index (κ3) is 5.16. The molecule has 1 aliphatic rings. The fraction of sp³-hybridized carbons (Fsp3) is 0.647. The summed E-state index contributed by atoms with van der Waals surface area (Å²) in [6.45, 7) is 2.29. The Hall–Kier alpha value is -0.261. The van der Waals surface area contributed by atoms with Gasteiger partial charge in [0.25, 0.3) is 0 Å². The zero-order valence-electron chi connectivity index (χ0n) is 11.6. The Morgan fingerprint density at radius 1 is 1.00 bits per heavy atom. The molecule has 1 aliphatic carbocycles. The molecule has 0 nitrogen and oxygen atoms in total. The van der Waals surface area contributed by atoms with Gasteiger partial charge in [-0.3, -0.25) is 0 Å². The number of hydrogen-bond acceptors (Lipinski definition) is 0. The van der Waals surface area contributed by atoms with Crippen molar-refractivity contribution < 1.29 is 0 Å². The molecule has 100 valence electrons. The van der Waals surface area contributed by atoms with Crippen molar-refractivity contribution in [2.45, 2.75) is 63.1 Å². The van der Waals surface area contributed by atoms with Crippen LogP contribution in [0, 0.1) is 5.92 Å². The third-order valence-electron chi connectivity index (χ3n) is 3.82. The predicted octanol–water partition coefficient (Wildman–Crippen LogP) is 4.58. The molecule has 2 unspecified atom stereocenters. The molecule has 18 heavy (non-hydrogen) atoms. The Labute approximate surface area is 119 Å². The van der Waals surface area contributed by atoms with Gasteiger partial charge >= 0.3 is 119 Å². The van der Waals surface area contributed by atoms with E-state index in [4.69, 9.17) is 0 Å². The predicted molar refractivity (Wildman–Crippen MR) is 81.7 cm³/mol. The van der Waals surface area contributed by atoms with E-state index >= 15 is 0 Å². The SMILES string of the molecule is CCCCCCCCC1CC1[Se]c1ccccc1. The molecule has 1 heteroatoms. The van der Waals surface area contributed by atoms with E-state index in [1.807, 2.05) is 0 Å². The molecule has 1 saturated carbocycles. The van der Waals surface area contributed by atoms with Gasteiger partial charge in [0.1, 0.15) is 0 Å². The molecular weight excluding hydrogens is 283 g/mol. The van der Waals surface area contributed by atoms with Crippen molar-refractivity contribution in [1.29, 1.82) is 0 Å². The van der Waals surface area contributed by atoms with Crippen molar-refractivity contribution in [2.24, 2.45) is 5.92 Å². The Bertz CT molecular complexity index is 320. The first-order valence-electron chi connectivity index (χ1n) is 7.62. The van der Waals surface area contributed by atoms with Crippen LogP contribution in [0.3, 0.4) is 0 Å². The fourth-order valence-electron chi connectivity index (χ4n) is 2.53. The van der Waals surface area contributed by atoms with Gasteiger partial charge in [0.15, 0.2) is 0 Å². The van der Waals surface area contributed by atoms with Gasteiger partial charge in [-0.2, -0.15) is 0 Å². The van der Waals surface area contributed by atoms with Crippen LogP contribution in [-0.4, -0.2) is 15.0 Å². The molecule has 0 radical (unpaired) electrons. The quantitative estimate of drug-likeness (QED) is 0.463. The van der Waals surface area contributed by atoms with Gasteiger partial charge in [-0.1, -0.05) is 0 Å². The summed E-state index contributed by atoms with van der Waals surface area (Å²) >= 11 is 0.744. The zero-order valence-corrected chi connectivity index (χ0v) is 13.3. The zero-order chi connectivity index (χ0) is 12.6. The Morgan fingerprint density at radius 2 is 1.72 bits per heavy atom. The van der Waals surface area contributed by atoms with E-state index in [0.29, 0.717) is 0 Å². The maximum atomic E-state index is 2.31. The summed E-state index contributed by atoms with van der Waals surface area (Å²) in [5, 5.41) is 0. The second kappa shape index (κ2) is 8.02. The molecule has 2 rings (SSSR count). The Morgan fingerprint density at radius 3 is 2.50 bits per heavy atom. The van der Waals surface area contributed by atoms with Crippen LogP contribution in [0.1, 0.15) is 58.3 Å². The molecule has 0 spiro atoms. The standard InChI is InChI=1S/C17H26Se/c1-2-3-4-5-6-8-11-15-14-17(15)18-16-12-9-7-10-13-16/h7,9-10,12-13,15,17H,2-6,8,11,14H2,1H3. The van der Waals surface area contributed by atoms with Crippen LogP contribution in [-0.2, 0) is 0 Å². The molecular formula is C17H26Se. The molecule has 0 bridgehead atoms. The second-order valence-corrected chi connectivity index (χ2v) is 8.28. The Balaban J connectivity index is 1.50. The van der Waals surface area contributed by atoms with Crippen molar-refractivity contribution in [3.8, 4) is 0 Å². The van der Waals surface area contributed by atoms with E-state index < -0.39 is 0 Å². The first-order valence-corrected chi connectivity index (χ1v) is 9.46. The van der Waals surface area contributed by atoms with E-state index in [1.54, 1.807) is 4.46 Å². The first-order chi connectivity index (χ1) is 8.90. The van der Waals surface area contributed by atoms with Crippen molar-refractivity contribution in [1.82, 2.24) is 0 Å². The van der Waals surface area contributed by atoms with Crippen LogP contribution < -0.4 is 4.46 Å². The summed E-state index contributed by atoms with van der Waals surface area (Å²) in [7, 11) is 0. The van der Waals surface area contributed by atoms with E-state index in [9.17, 15) is 0 Å². The topological polar surface area (TPSA) is 0 Å². The summed E-state index contributed by atoms with van der Waals surface area (Å²) in [6.07, 6.45) is 11.7. The second-order valence-electron chi connectivity index (χ2n) is 5.52. The fourth-order valence-corrected chi connectivity index (χ4v) is 5.33. The Kier molecular flexibility index (Phi) is 6.31. The molecule has 1 fully saturated rings. The van der Waals surface area contributed by atoms with E-state index in [2.05, 4.69) is 37.3 Å². The van der Waals surface area contributed by atoms with Gasteiger partial charge in [0.05, 0.1) is 0 Å². The summed E-state index contributed by atoms with van der Waals surface area (Å²) in [4.78, 5) is 1.07. The molecule has 0 aromatic heterocycles. The van der Waals surface area contributed by atoms with Crippen LogP contribution in [0.4, 0.5) is 0 Å². The van der Waals surface area contributed by atoms with E-state index in [1.165, 1.54) is 51.4 Å². The van der Waals surface area contributed by atoms with Crippen molar-refractivity contribution in [3.63, 3.8) is 0 Å². The molecule has 0 aliphatic heterocycles. The number of benzene rings is 1.